The lowest BCUT2D eigenvalue weighted by atomic mass is 9.97. The van der Waals surface area contributed by atoms with E-state index in [0.29, 0.717) is 5.91 Å². The van der Waals surface area contributed by atoms with Crippen LogP contribution in [0.25, 0.3) is 0 Å². The molecule has 0 atom stereocenters. The van der Waals surface area contributed by atoms with Crippen molar-refractivity contribution >= 4 is 33.2 Å². The van der Waals surface area contributed by atoms with Gasteiger partial charge in [-0.05, 0) is 34.8 Å². The number of carbonyl (C=O) groups is 1. The first kappa shape index (κ1) is 15.7. The maximum atomic E-state index is 12.4. The highest BCUT2D eigenvalue weighted by atomic mass is 79.9. The molecule has 1 amide bonds. The number of nitrogens with zero attached hydrogens (tertiary/aromatic N) is 1. The second kappa shape index (κ2) is 7.95. The quantitative estimate of drug-likeness (QED) is 0.710. The maximum absolute atomic E-state index is 12.4. The molecule has 0 bridgehead atoms. The molecule has 0 aliphatic rings. The minimum Gasteiger partial charge on any atom is -0.340 e. The Balaban J connectivity index is 2.58. The predicted octanol–water partition coefficient (Wildman–Crippen LogP) is 4.69. The van der Waals surface area contributed by atoms with Crippen molar-refractivity contribution in [2.24, 2.45) is 5.92 Å². The molecule has 0 aliphatic carbocycles. The SMILES string of the molecule is CCCC(CCC)C(=O)N(C)Cc1cc(Br)cs1. The van der Waals surface area contributed by atoms with Crippen molar-refractivity contribution in [1.29, 1.82) is 0 Å². The van der Waals surface area contributed by atoms with Gasteiger partial charge >= 0.3 is 0 Å². The molecule has 1 heterocycles. The zero-order valence-corrected chi connectivity index (χ0v) is 13.8. The number of halogens is 1. The third kappa shape index (κ3) is 4.73. The van der Waals surface area contributed by atoms with Crippen molar-refractivity contribution < 1.29 is 4.79 Å². The highest BCUT2D eigenvalue weighted by Crippen LogP contribution is 2.22. The van der Waals surface area contributed by atoms with E-state index < -0.39 is 0 Å². The van der Waals surface area contributed by atoms with Crippen LogP contribution in [0.3, 0.4) is 0 Å². The maximum Gasteiger partial charge on any atom is 0.225 e. The predicted molar refractivity (Wildman–Crippen MR) is 81.8 cm³/mol. The summed E-state index contributed by atoms with van der Waals surface area (Å²) in [7, 11) is 1.91. The second-order valence-electron chi connectivity index (χ2n) is 4.70. The standard InChI is InChI=1S/C14H22BrNOS/c1-4-6-11(7-5-2)14(17)16(3)9-13-8-12(15)10-18-13/h8,10-11H,4-7,9H2,1-3H3. The van der Waals surface area contributed by atoms with E-state index in [1.54, 1.807) is 11.3 Å². The van der Waals surface area contributed by atoms with Gasteiger partial charge in [0.2, 0.25) is 5.91 Å². The Kier molecular flexibility index (Phi) is 6.94. The smallest absolute Gasteiger partial charge is 0.225 e. The van der Waals surface area contributed by atoms with Crippen LogP contribution < -0.4 is 0 Å². The van der Waals surface area contributed by atoms with Gasteiger partial charge in [0.1, 0.15) is 0 Å². The van der Waals surface area contributed by atoms with Crippen molar-refractivity contribution in [3.63, 3.8) is 0 Å². The molecule has 18 heavy (non-hydrogen) atoms. The van der Waals surface area contributed by atoms with E-state index in [1.165, 1.54) is 4.88 Å². The highest BCUT2D eigenvalue weighted by Gasteiger charge is 2.20. The third-order valence-electron chi connectivity index (χ3n) is 3.01. The average Bonchev–Trinajstić information content (AvgIpc) is 2.73. The first-order chi connectivity index (χ1) is 8.58. The fraction of sp³-hybridized carbons (Fsp3) is 0.643. The third-order valence-corrected chi connectivity index (χ3v) is 4.70. The molecule has 0 saturated carbocycles. The molecule has 0 spiro atoms. The molecule has 1 aromatic rings. The summed E-state index contributed by atoms with van der Waals surface area (Å²) in [5.74, 6) is 0.497. The van der Waals surface area contributed by atoms with E-state index in [4.69, 9.17) is 0 Å². The van der Waals surface area contributed by atoms with Crippen LogP contribution in [0, 0.1) is 5.92 Å². The van der Waals surface area contributed by atoms with Crippen LogP contribution in [0.15, 0.2) is 15.9 Å². The van der Waals surface area contributed by atoms with E-state index in [1.807, 2.05) is 11.9 Å². The molecule has 1 aromatic heterocycles. The largest absolute Gasteiger partial charge is 0.340 e. The van der Waals surface area contributed by atoms with Gasteiger partial charge in [0, 0.05) is 27.7 Å². The Morgan fingerprint density at radius 3 is 2.44 bits per heavy atom. The molecular weight excluding hydrogens is 310 g/mol. The summed E-state index contributed by atoms with van der Waals surface area (Å²) in [6.45, 7) is 5.01. The lowest BCUT2D eigenvalue weighted by Gasteiger charge is -2.23. The Hall–Kier alpha value is -0.350. The van der Waals surface area contributed by atoms with Crippen LogP contribution in [0.5, 0.6) is 0 Å². The van der Waals surface area contributed by atoms with Crippen molar-refractivity contribution in [1.82, 2.24) is 4.90 Å². The van der Waals surface area contributed by atoms with Crippen LogP contribution in [-0.4, -0.2) is 17.9 Å². The fourth-order valence-corrected chi connectivity index (χ4v) is 3.65. The highest BCUT2D eigenvalue weighted by molar-refractivity contribution is 9.10. The number of hydrogen-bond donors (Lipinski definition) is 0. The molecule has 0 saturated heterocycles. The molecular formula is C14H22BrNOS. The first-order valence-electron chi connectivity index (χ1n) is 6.56. The number of thiophene rings is 1. The van der Waals surface area contributed by atoms with Crippen molar-refractivity contribution in [2.45, 2.75) is 46.1 Å². The van der Waals surface area contributed by atoms with Crippen molar-refractivity contribution in [3.05, 3.63) is 20.8 Å². The molecule has 1 rings (SSSR count). The minimum atomic E-state index is 0.202. The summed E-state index contributed by atoms with van der Waals surface area (Å²) >= 11 is 5.14. The summed E-state index contributed by atoms with van der Waals surface area (Å²) < 4.78 is 1.10. The molecule has 0 aromatic carbocycles. The average molecular weight is 332 g/mol. The van der Waals surface area contributed by atoms with Crippen LogP contribution in [-0.2, 0) is 11.3 Å². The lowest BCUT2D eigenvalue weighted by Crippen LogP contribution is -2.32. The summed E-state index contributed by atoms with van der Waals surface area (Å²) in [6, 6.07) is 2.09. The minimum absolute atomic E-state index is 0.202. The number of hydrogen-bond acceptors (Lipinski definition) is 2. The second-order valence-corrected chi connectivity index (χ2v) is 6.61. The summed E-state index contributed by atoms with van der Waals surface area (Å²) in [6.07, 6.45) is 4.17. The molecule has 2 nitrogen and oxygen atoms in total. The molecule has 0 aliphatic heterocycles. The van der Waals surface area contributed by atoms with Gasteiger partial charge in [-0.25, -0.2) is 0 Å². The Labute approximate surface area is 123 Å². The number of amides is 1. The Bertz CT molecular complexity index is 372. The van der Waals surface area contributed by atoms with E-state index >= 15 is 0 Å². The monoisotopic (exact) mass is 331 g/mol. The van der Waals surface area contributed by atoms with Gasteiger partial charge in [0.25, 0.3) is 0 Å². The van der Waals surface area contributed by atoms with Gasteiger partial charge in [0.05, 0.1) is 6.54 Å². The summed E-state index contributed by atoms with van der Waals surface area (Å²) in [5, 5.41) is 2.06. The van der Waals surface area contributed by atoms with Crippen LogP contribution in [0.4, 0.5) is 0 Å². The molecule has 0 N–H and O–H groups in total. The summed E-state index contributed by atoms with van der Waals surface area (Å²) in [5.41, 5.74) is 0. The van der Waals surface area contributed by atoms with E-state index in [2.05, 4.69) is 41.2 Å². The molecule has 0 unspecified atom stereocenters. The zero-order valence-electron chi connectivity index (χ0n) is 11.4. The van der Waals surface area contributed by atoms with E-state index in [-0.39, 0.29) is 5.92 Å². The topological polar surface area (TPSA) is 20.3 Å². The normalized spacial score (nSPS) is 10.9. The Morgan fingerprint density at radius 2 is 2.00 bits per heavy atom. The van der Waals surface area contributed by atoms with Crippen LogP contribution >= 0.6 is 27.3 Å². The van der Waals surface area contributed by atoms with Gasteiger partial charge in [-0.3, -0.25) is 4.79 Å². The van der Waals surface area contributed by atoms with E-state index in [0.717, 1.165) is 36.7 Å². The van der Waals surface area contributed by atoms with Gasteiger partial charge in [0.15, 0.2) is 0 Å². The van der Waals surface area contributed by atoms with Gasteiger partial charge in [-0.1, -0.05) is 26.7 Å². The summed E-state index contributed by atoms with van der Waals surface area (Å²) in [4.78, 5) is 15.4. The van der Waals surface area contributed by atoms with Crippen LogP contribution in [0.2, 0.25) is 0 Å². The van der Waals surface area contributed by atoms with Crippen molar-refractivity contribution in [2.75, 3.05) is 7.05 Å². The lowest BCUT2D eigenvalue weighted by molar-refractivity contribution is -0.135. The van der Waals surface area contributed by atoms with Gasteiger partial charge in [-0.2, -0.15) is 0 Å². The van der Waals surface area contributed by atoms with E-state index in [9.17, 15) is 4.79 Å². The molecule has 0 radical (unpaired) electrons. The number of carbonyl (C=O) groups excluding carboxylic acids is 1. The first-order valence-corrected chi connectivity index (χ1v) is 8.23. The number of rotatable bonds is 7. The van der Waals surface area contributed by atoms with Crippen molar-refractivity contribution in [3.8, 4) is 0 Å². The van der Waals surface area contributed by atoms with Crippen LogP contribution in [0.1, 0.15) is 44.4 Å². The fourth-order valence-electron chi connectivity index (χ4n) is 2.15. The van der Waals surface area contributed by atoms with Gasteiger partial charge in [-0.15, -0.1) is 11.3 Å². The Morgan fingerprint density at radius 1 is 1.39 bits per heavy atom. The zero-order chi connectivity index (χ0) is 13.5. The molecule has 0 fully saturated rings. The molecule has 102 valence electrons. The molecule has 4 heteroatoms. The van der Waals surface area contributed by atoms with Gasteiger partial charge < -0.3 is 4.90 Å².